The molecular weight excluding hydrogens is 487 g/mol. The molecule has 0 bridgehead atoms. The Balaban J connectivity index is 1.79. The first-order valence-corrected chi connectivity index (χ1v) is 12.1. The van der Waals surface area contributed by atoms with Gasteiger partial charge in [0.1, 0.15) is 24.0 Å². The molecular formula is C26H26ClFN4O4. The zero-order valence-electron chi connectivity index (χ0n) is 20.0. The minimum Gasteiger partial charge on any atom is -0.507 e. The van der Waals surface area contributed by atoms with Crippen molar-refractivity contribution in [3.8, 4) is 22.6 Å². The zero-order chi connectivity index (χ0) is 25.7. The van der Waals surface area contributed by atoms with Gasteiger partial charge in [0.05, 0.1) is 27.5 Å². The molecule has 0 radical (unpaired) electrons. The number of aromatic nitrogens is 2. The highest BCUT2D eigenvalue weighted by Crippen LogP contribution is 2.48. The van der Waals surface area contributed by atoms with Crippen molar-refractivity contribution in [1.82, 2.24) is 14.5 Å². The summed E-state index contributed by atoms with van der Waals surface area (Å²) in [4.78, 5) is 33.7. The SMILES string of the molecule is C=CC(=O)N1CCN2c3nc(=O)n(CC(C)C)c4cc(-c5c(O)cccc5F)c(Cl)c(c34)OC[C@@H]2C1. The van der Waals surface area contributed by atoms with Crippen molar-refractivity contribution in [1.29, 1.82) is 0 Å². The molecule has 1 atom stereocenters. The first-order chi connectivity index (χ1) is 17.2. The molecule has 0 aliphatic carbocycles. The average Bonchev–Trinajstić information content (AvgIpc) is 3.00. The van der Waals surface area contributed by atoms with Gasteiger partial charge in [0.2, 0.25) is 5.91 Å². The Hall–Kier alpha value is -3.59. The third kappa shape index (κ3) is 3.87. The van der Waals surface area contributed by atoms with Crippen LogP contribution in [-0.4, -0.2) is 57.7 Å². The fraction of sp³-hybridized carbons (Fsp3) is 0.346. The van der Waals surface area contributed by atoms with E-state index in [1.165, 1.54) is 28.8 Å². The number of phenols is 1. The second kappa shape index (κ2) is 9.13. The zero-order valence-corrected chi connectivity index (χ0v) is 20.8. The number of rotatable bonds is 4. The van der Waals surface area contributed by atoms with E-state index in [4.69, 9.17) is 16.3 Å². The Kier molecular flexibility index (Phi) is 6.12. The molecule has 8 nitrogen and oxygen atoms in total. The number of anilines is 1. The van der Waals surface area contributed by atoms with Crippen LogP contribution in [0.2, 0.25) is 5.02 Å². The minimum atomic E-state index is -0.653. The smallest absolute Gasteiger partial charge is 0.350 e. The van der Waals surface area contributed by atoms with Crippen LogP contribution in [0.4, 0.5) is 10.2 Å². The number of carbonyl (C=O) groups excluding carboxylic acids is 1. The predicted molar refractivity (Wildman–Crippen MR) is 136 cm³/mol. The summed E-state index contributed by atoms with van der Waals surface area (Å²) in [5.74, 6) is -0.306. The first kappa shape index (κ1) is 24.1. The van der Waals surface area contributed by atoms with Crippen LogP contribution in [0.25, 0.3) is 22.0 Å². The van der Waals surface area contributed by atoms with E-state index in [1.54, 1.807) is 11.0 Å². The van der Waals surface area contributed by atoms with Gasteiger partial charge in [0, 0.05) is 31.7 Å². The highest BCUT2D eigenvalue weighted by Gasteiger charge is 2.36. The molecule has 1 fully saturated rings. The first-order valence-electron chi connectivity index (χ1n) is 11.8. The Morgan fingerprint density at radius 2 is 2.17 bits per heavy atom. The molecule has 188 valence electrons. The molecule has 1 aromatic heterocycles. The number of carbonyl (C=O) groups is 1. The minimum absolute atomic E-state index is 0.0733. The maximum Gasteiger partial charge on any atom is 0.350 e. The maximum absolute atomic E-state index is 14.9. The lowest BCUT2D eigenvalue weighted by atomic mass is 10.0. The lowest BCUT2D eigenvalue weighted by Crippen LogP contribution is -2.56. The van der Waals surface area contributed by atoms with Crippen LogP contribution >= 0.6 is 11.6 Å². The fourth-order valence-corrected chi connectivity index (χ4v) is 5.29. The van der Waals surface area contributed by atoms with Crippen LogP contribution < -0.4 is 15.3 Å². The molecule has 1 saturated heterocycles. The number of piperazine rings is 1. The summed E-state index contributed by atoms with van der Waals surface area (Å²) < 4.78 is 22.7. The van der Waals surface area contributed by atoms with Crippen LogP contribution in [0.3, 0.4) is 0 Å². The van der Waals surface area contributed by atoms with Crippen LogP contribution in [0, 0.1) is 11.7 Å². The number of hydrogen-bond donors (Lipinski definition) is 1. The topological polar surface area (TPSA) is 87.9 Å². The number of fused-ring (bicyclic) bond motifs is 2. The molecule has 3 aromatic rings. The van der Waals surface area contributed by atoms with E-state index in [2.05, 4.69) is 11.6 Å². The van der Waals surface area contributed by atoms with E-state index in [0.29, 0.717) is 42.9 Å². The molecule has 5 rings (SSSR count). The van der Waals surface area contributed by atoms with Crippen molar-refractivity contribution >= 4 is 34.2 Å². The van der Waals surface area contributed by atoms with Crippen molar-refractivity contribution in [2.75, 3.05) is 31.1 Å². The molecule has 10 heteroatoms. The van der Waals surface area contributed by atoms with Crippen LogP contribution in [-0.2, 0) is 11.3 Å². The Labute approximate surface area is 212 Å². The standard InChI is InChI=1S/C26H26ClFN4O4/c1-4-20(34)30-8-9-31-15(12-30)13-36-24-22-18(32(11-14(2)3)26(35)29-25(22)31)10-16(23(24)27)21-17(28)6-5-7-19(21)33/h4-7,10,14-15,33H,1,8-9,11-13H2,2-3H3/t15-/m0/s1. The van der Waals surface area contributed by atoms with Gasteiger partial charge in [-0.05, 0) is 30.2 Å². The van der Waals surface area contributed by atoms with E-state index < -0.39 is 11.5 Å². The number of phenolic OH excluding ortho intramolecular Hbond substituents is 1. The third-order valence-corrected chi connectivity index (χ3v) is 6.99. The van der Waals surface area contributed by atoms with Crippen molar-refractivity contribution < 1.29 is 19.0 Å². The Morgan fingerprint density at radius 3 is 2.86 bits per heavy atom. The van der Waals surface area contributed by atoms with Gasteiger partial charge in [-0.15, -0.1) is 0 Å². The fourth-order valence-electron chi connectivity index (χ4n) is 4.99. The highest BCUT2D eigenvalue weighted by molar-refractivity contribution is 6.36. The summed E-state index contributed by atoms with van der Waals surface area (Å²) in [6.07, 6.45) is 1.27. The van der Waals surface area contributed by atoms with E-state index >= 15 is 0 Å². The van der Waals surface area contributed by atoms with Gasteiger partial charge in [0.15, 0.2) is 5.75 Å². The summed E-state index contributed by atoms with van der Waals surface area (Å²) in [6.45, 7) is 9.30. The Morgan fingerprint density at radius 1 is 1.39 bits per heavy atom. The number of aromatic hydroxyl groups is 1. The lowest BCUT2D eigenvalue weighted by Gasteiger charge is -2.40. The van der Waals surface area contributed by atoms with Gasteiger partial charge in [0.25, 0.3) is 0 Å². The summed E-state index contributed by atoms with van der Waals surface area (Å²) in [5, 5.41) is 11.2. The van der Waals surface area contributed by atoms with Crippen molar-refractivity contribution in [3.63, 3.8) is 0 Å². The second-order valence-electron chi connectivity index (χ2n) is 9.46. The predicted octanol–water partition coefficient (Wildman–Crippen LogP) is 3.81. The van der Waals surface area contributed by atoms with E-state index in [0.717, 1.165) is 0 Å². The molecule has 2 aliphatic heterocycles. The molecule has 2 aliphatic rings. The number of nitrogens with zero attached hydrogens (tertiary/aromatic N) is 4. The van der Waals surface area contributed by atoms with Crippen LogP contribution in [0.15, 0.2) is 41.7 Å². The molecule has 3 heterocycles. The average molecular weight is 513 g/mol. The molecule has 2 aromatic carbocycles. The molecule has 0 unspecified atom stereocenters. The van der Waals surface area contributed by atoms with Crippen molar-refractivity contribution in [3.05, 3.63) is 58.2 Å². The molecule has 0 spiro atoms. The van der Waals surface area contributed by atoms with Gasteiger partial charge in [-0.3, -0.25) is 9.36 Å². The quantitative estimate of drug-likeness (QED) is 0.535. The summed E-state index contributed by atoms with van der Waals surface area (Å²) in [6, 6.07) is 5.35. The summed E-state index contributed by atoms with van der Waals surface area (Å²) in [7, 11) is 0. The van der Waals surface area contributed by atoms with E-state index in [1.807, 2.05) is 18.7 Å². The van der Waals surface area contributed by atoms with Crippen LogP contribution in [0.1, 0.15) is 13.8 Å². The number of ether oxygens (including phenoxy) is 1. The van der Waals surface area contributed by atoms with Crippen LogP contribution in [0.5, 0.6) is 11.5 Å². The Bertz CT molecular complexity index is 1430. The summed E-state index contributed by atoms with van der Waals surface area (Å²) >= 11 is 6.83. The molecule has 0 saturated carbocycles. The van der Waals surface area contributed by atoms with Gasteiger partial charge in [-0.1, -0.05) is 38.1 Å². The number of hydrogen-bond acceptors (Lipinski definition) is 6. The van der Waals surface area contributed by atoms with Crippen molar-refractivity contribution in [2.45, 2.75) is 26.4 Å². The van der Waals surface area contributed by atoms with Gasteiger partial charge in [-0.25, -0.2) is 9.18 Å². The molecule has 36 heavy (non-hydrogen) atoms. The number of benzene rings is 2. The highest BCUT2D eigenvalue weighted by atomic mass is 35.5. The normalized spacial score (nSPS) is 17.1. The lowest BCUT2D eigenvalue weighted by molar-refractivity contribution is -0.126. The van der Waals surface area contributed by atoms with E-state index in [9.17, 15) is 19.1 Å². The third-order valence-electron chi connectivity index (χ3n) is 6.62. The summed E-state index contributed by atoms with van der Waals surface area (Å²) in [5.41, 5.74) is 0.178. The number of halogens is 2. The maximum atomic E-state index is 14.9. The monoisotopic (exact) mass is 512 g/mol. The molecule has 1 amide bonds. The number of amides is 1. The van der Waals surface area contributed by atoms with Gasteiger partial charge < -0.3 is 19.6 Å². The van der Waals surface area contributed by atoms with Gasteiger partial charge in [-0.2, -0.15) is 4.98 Å². The van der Waals surface area contributed by atoms with Gasteiger partial charge >= 0.3 is 5.69 Å². The molecule has 1 N–H and O–H groups in total. The largest absolute Gasteiger partial charge is 0.507 e. The van der Waals surface area contributed by atoms with E-state index in [-0.39, 0.29) is 52.1 Å². The second-order valence-corrected chi connectivity index (χ2v) is 9.84. The van der Waals surface area contributed by atoms with Crippen molar-refractivity contribution in [2.24, 2.45) is 5.92 Å².